The first-order valence-corrected chi connectivity index (χ1v) is 7.30. The number of rotatable bonds is 5. The largest absolute Gasteiger partial charge is 0.494 e. The van der Waals surface area contributed by atoms with Crippen molar-refractivity contribution in [1.82, 2.24) is 0 Å². The van der Waals surface area contributed by atoms with Gasteiger partial charge in [-0.25, -0.2) is 0 Å². The average Bonchev–Trinajstić information content (AvgIpc) is 2.54. The van der Waals surface area contributed by atoms with Crippen LogP contribution in [0.4, 0.5) is 11.4 Å². The van der Waals surface area contributed by atoms with E-state index in [1.807, 2.05) is 0 Å². The first kappa shape index (κ1) is 16.1. The Hall–Kier alpha value is -2.31. The summed E-state index contributed by atoms with van der Waals surface area (Å²) in [6.07, 6.45) is 1.41. The molecule has 0 bridgehead atoms. The summed E-state index contributed by atoms with van der Waals surface area (Å²) in [6, 6.07) is 4.59. The normalized spacial score (nSPS) is 15.5. The third-order valence-electron chi connectivity index (χ3n) is 3.83. The van der Waals surface area contributed by atoms with Crippen molar-refractivity contribution in [2.45, 2.75) is 19.8 Å². The van der Waals surface area contributed by atoms with Gasteiger partial charge in [0.1, 0.15) is 5.75 Å². The zero-order valence-electron chi connectivity index (χ0n) is 12.8. The van der Waals surface area contributed by atoms with Gasteiger partial charge in [0, 0.05) is 19.2 Å². The molecule has 2 rings (SSSR count). The number of nitrogens with zero attached hydrogens (tertiary/aromatic N) is 2. The van der Waals surface area contributed by atoms with Crippen LogP contribution >= 0.6 is 0 Å². The van der Waals surface area contributed by atoms with E-state index in [1.54, 1.807) is 13.0 Å². The van der Waals surface area contributed by atoms with Crippen LogP contribution in [0.2, 0.25) is 0 Å². The van der Waals surface area contributed by atoms with E-state index in [-0.39, 0.29) is 17.6 Å². The van der Waals surface area contributed by atoms with Gasteiger partial charge in [-0.2, -0.15) is 0 Å². The molecule has 0 aromatic heterocycles. The van der Waals surface area contributed by atoms with Crippen LogP contribution in [0.1, 0.15) is 19.8 Å². The van der Waals surface area contributed by atoms with Crippen LogP contribution in [0.5, 0.6) is 5.75 Å². The van der Waals surface area contributed by atoms with Gasteiger partial charge in [-0.1, -0.05) is 0 Å². The Kier molecular flexibility index (Phi) is 5.19. The predicted molar refractivity (Wildman–Crippen MR) is 81.2 cm³/mol. The number of carbonyl (C=O) groups is 1. The summed E-state index contributed by atoms with van der Waals surface area (Å²) in [5.74, 6) is 0.266. The fourth-order valence-electron chi connectivity index (χ4n) is 2.66. The van der Waals surface area contributed by atoms with Crippen molar-refractivity contribution in [2.75, 3.05) is 31.7 Å². The molecular formula is C15H20N2O5. The molecule has 1 aliphatic rings. The highest BCUT2D eigenvalue weighted by Gasteiger charge is 2.27. The lowest BCUT2D eigenvalue weighted by molar-refractivity contribution is -0.384. The first-order valence-electron chi connectivity index (χ1n) is 7.30. The van der Waals surface area contributed by atoms with Gasteiger partial charge in [0.15, 0.2) is 0 Å². The lowest BCUT2D eigenvalue weighted by Gasteiger charge is -2.33. The van der Waals surface area contributed by atoms with E-state index < -0.39 is 4.92 Å². The molecule has 0 aliphatic carbocycles. The van der Waals surface area contributed by atoms with E-state index in [9.17, 15) is 14.9 Å². The summed E-state index contributed by atoms with van der Waals surface area (Å²) in [7, 11) is 1.49. The van der Waals surface area contributed by atoms with Crippen molar-refractivity contribution in [3.63, 3.8) is 0 Å². The molecule has 1 aromatic rings. The highest BCUT2D eigenvalue weighted by Crippen LogP contribution is 2.34. The minimum absolute atomic E-state index is 0.00186. The van der Waals surface area contributed by atoms with Crippen molar-refractivity contribution >= 4 is 17.3 Å². The van der Waals surface area contributed by atoms with Gasteiger partial charge < -0.3 is 14.4 Å². The zero-order valence-corrected chi connectivity index (χ0v) is 12.8. The average molecular weight is 308 g/mol. The fraction of sp³-hybridized carbons (Fsp3) is 0.533. The third-order valence-corrected chi connectivity index (χ3v) is 3.83. The van der Waals surface area contributed by atoms with E-state index in [0.29, 0.717) is 38.3 Å². The summed E-state index contributed by atoms with van der Waals surface area (Å²) >= 11 is 0. The number of non-ortho nitro benzene ring substituents is 1. The first-order chi connectivity index (χ1) is 10.6. The summed E-state index contributed by atoms with van der Waals surface area (Å²) < 4.78 is 10.3. The van der Waals surface area contributed by atoms with Gasteiger partial charge in [-0.3, -0.25) is 14.9 Å². The van der Waals surface area contributed by atoms with Crippen molar-refractivity contribution in [3.8, 4) is 5.75 Å². The molecule has 0 spiro atoms. The number of benzene rings is 1. The summed E-state index contributed by atoms with van der Waals surface area (Å²) in [5.41, 5.74) is 0.817. The number of hydrogen-bond donors (Lipinski definition) is 0. The summed E-state index contributed by atoms with van der Waals surface area (Å²) in [4.78, 5) is 24.2. The van der Waals surface area contributed by atoms with Crippen LogP contribution in [0.15, 0.2) is 18.2 Å². The van der Waals surface area contributed by atoms with Crippen LogP contribution in [0.3, 0.4) is 0 Å². The van der Waals surface area contributed by atoms with Gasteiger partial charge >= 0.3 is 5.97 Å². The minimum atomic E-state index is -0.445. The molecular weight excluding hydrogens is 288 g/mol. The molecule has 7 heteroatoms. The molecule has 0 saturated carbocycles. The zero-order chi connectivity index (χ0) is 16.1. The van der Waals surface area contributed by atoms with Crippen molar-refractivity contribution in [1.29, 1.82) is 0 Å². The van der Waals surface area contributed by atoms with Gasteiger partial charge in [0.2, 0.25) is 0 Å². The Balaban J connectivity index is 2.08. The molecule has 0 N–H and O–H groups in total. The van der Waals surface area contributed by atoms with Gasteiger partial charge in [0.05, 0.1) is 36.3 Å². The van der Waals surface area contributed by atoms with Gasteiger partial charge in [-0.15, -0.1) is 0 Å². The molecule has 7 nitrogen and oxygen atoms in total. The Morgan fingerprint density at radius 1 is 1.41 bits per heavy atom. The van der Waals surface area contributed by atoms with E-state index in [0.717, 1.165) is 5.69 Å². The second kappa shape index (κ2) is 7.11. The number of nitro benzene ring substituents is 1. The Labute approximate surface area is 129 Å². The number of carbonyl (C=O) groups excluding carboxylic acids is 1. The molecule has 120 valence electrons. The predicted octanol–water partition coefficient (Wildman–Crippen LogP) is 2.38. The monoisotopic (exact) mass is 308 g/mol. The van der Waals surface area contributed by atoms with Crippen LogP contribution in [0, 0.1) is 16.0 Å². The maximum absolute atomic E-state index is 11.7. The Morgan fingerprint density at radius 2 is 2.09 bits per heavy atom. The minimum Gasteiger partial charge on any atom is -0.494 e. The molecule has 0 atom stereocenters. The van der Waals surface area contributed by atoms with Crippen LogP contribution in [0.25, 0.3) is 0 Å². The molecule has 0 radical (unpaired) electrons. The standard InChI is InChI=1S/C15H20N2O5/c1-3-22-15(18)11-6-8-16(9-7-11)13-5-4-12(17(19)20)10-14(13)21-2/h4-5,10-11H,3,6-9H2,1-2H3. The topological polar surface area (TPSA) is 81.9 Å². The van der Waals surface area contributed by atoms with Gasteiger partial charge in [-0.05, 0) is 25.8 Å². The van der Waals surface area contributed by atoms with Crippen LogP contribution in [-0.4, -0.2) is 37.7 Å². The number of ether oxygens (including phenoxy) is 2. The highest BCUT2D eigenvalue weighted by atomic mass is 16.6. The molecule has 22 heavy (non-hydrogen) atoms. The SMILES string of the molecule is CCOC(=O)C1CCN(c2ccc([N+](=O)[O-])cc2OC)CC1. The second-order valence-corrected chi connectivity index (χ2v) is 5.13. The molecule has 0 amide bonds. The number of hydrogen-bond acceptors (Lipinski definition) is 6. The molecule has 1 fully saturated rings. The Morgan fingerprint density at radius 3 is 2.64 bits per heavy atom. The molecule has 1 aromatic carbocycles. The van der Waals surface area contributed by atoms with E-state index >= 15 is 0 Å². The molecule has 1 aliphatic heterocycles. The van der Waals surface area contributed by atoms with Crippen molar-refractivity contribution < 1.29 is 19.2 Å². The third kappa shape index (κ3) is 3.47. The quantitative estimate of drug-likeness (QED) is 0.472. The second-order valence-electron chi connectivity index (χ2n) is 5.13. The number of methoxy groups -OCH3 is 1. The molecule has 0 unspecified atom stereocenters. The summed E-state index contributed by atoms with van der Waals surface area (Å²) in [6.45, 7) is 3.58. The number of anilines is 1. The summed E-state index contributed by atoms with van der Waals surface area (Å²) in [5, 5.41) is 10.8. The maximum atomic E-state index is 11.7. The van der Waals surface area contributed by atoms with E-state index in [2.05, 4.69) is 4.90 Å². The molecule has 1 saturated heterocycles. The molecule has 1 heterocycles. The Bertz CT molecular complexity index is 553. The smallest absolute Gasteiger partial charge is 0.309 e. The lowest BCUT2D eigenvalue weighted by atomic mass is 9.96. The van der Waals surface area contributed by atoms with Crippen LogP contribution in [-0.2, 0) is 9.53 Å². The van der Waals surface area contributed by atoms with Crippen molar-refractivity contribution in [3.05, 3.63) is 28.3 Å². The van der Waals surface area contributed by atoms with Gasteiger partial charge in [0.25, 0.3) is 5.69 Å². The number of nitro groups is 1. The number of esters is 1. The van der Waals surface area contributed by atoms with Crippen molar-refractivity contribution in [2.24, 2.45) is 5.92 Å². The van der Waals surface area contributed by atoms with Crippen LogP contribution < -0.4 is 9.64 Å². The maximum Gasteiger partial charge on any atom is 0.309 e. The van der Waals surface area contributed by atoms with E-state index in [1.165, 1.54) is 19.2 Å². The van der Waals surface area contributed by atoms with E-state index in [4.69, 9.17) is 9.47 Å². The fourth-order valence-corrected chi connectivity index (χ4v) is 2.66. The lowest BCUT2D eigenvalue weighted by Crippen LogP contribution is -2.37. The highest BCUT2D eigenvalue weighted by molar-refractivity contribution is 5.73. The number of piperidine rings is 1.